The smallest absolute Gasteiger partial charge is 0.270 e. The van der Waals surface area contributed by atoms with Crippen LogP contribution in [0.2, 0.25) is 5.02 Å². The van der Waals surface area contributed by atoms with Crippen LogP contribution in [-0.2, 0) is 14.8 Å². The van der Waals surface area contributed by atoms with Gasteiger partial charge in [-0.2, -0.15) is 0 Å². The van der Waals surface area contributed by atoms with Crippen LogP contribution in [0.1, 0.15) is 24.2 Å². The van der Waals surface area contributed by atoms with Crippen molar-refractivity contribution in [3.63, 3.8) is 0 Å². The van der Waals surface area contributed by atoms with E-state index >= 15 is 0 Å². The van der Waals surface area contributed by atoms with Crippen LogP contribution in [0.3, 0.4) is 0 Å². The summed E-state index contributed by atoms with van der Waals surface area (Å²) in [5, 5.41) is 10.8. The van der Waals surface area contributed by atoms with Crippen molar-refractivity contribution in [3.05, 3.63) is 63.2 Å². The zero-order valence-corrected chi connectivity index (χ0v) is 17.8. The highest BCUT2D eigenvalue weighted by atomic mass is 35.5. The molecule has 2 atom stereocenters. The molecule has 1 aliphatic rings. The molecule has 30 heavy (non-hydrogen) atoms. The molecule has 1 N–H and O–H groups in total. The minimum absolute atomic E-state index is 0.0527. The molecule has 0 spiro atoms. The number of nitro benzene ring substituents is 1. The predicted octanol–water partition coefficient (Wildman–Crippen LogP) is 3.30. The fraction of sp³-hybridized carbons (Fsp3) is 0.316. The number of hydrogen-bond donors (Lipinski definition) is 1. The molecule has 0 bridgehead atoms. The van der Waals surface area contributed by atoms with Crippen LogP contribution in [0.5, 0.6) is 0 Å². The van der Waals surface area contributed by atoms with E-state index in [4.69, 9.17) is 16.3 Å². The first kappa shape index (κ1) is 22.0. The van der Waals surface area contributed by atoms with Gasteiger partial charge in [-0.15, -0.1) is 0 Å². The van der Waals surface area contributed by atoms with Crippen LogP contribution in [0.15, 0.2) is 47.4 Å². The third-order valence-electron chi connectivity index (χ3n) is 4.52. The second kappa shape index (κ2) is 8.58. The summed E-state index contributed by atoms with van der Waals surface area (Å²) < 4.78 is 33.8. The molecule has 0 unspecified atom stereocenters. The zero-order valence-electron chi connectivity index (χ0n) is 16.2. The number of rotatable bonds is 5. The van der Waals surface area contributed by atoms with Crippen LogP contribution in [0.25, 0.3) is 0 Å². The number of morpholine rings is 1. The van der Waals surface area contributed by atoms with E-state index in [2.05, 4.69) is 4.72 Å². The Morgan fingerprint density at radius 3 is 2.47 bits per heavy atom. The van der Waals surface area contributed by atoms with E-state index in [1.807, 2.05) is 13.8 Å². The lowest BCUT2D eigenvalue weighted by Crippen LogP contribution is -2.48. The van der Waals surface area contributed by atoms with E-state index in [1.165, 1.54) is 12.1 Å². The van der Waals surface area contributed by atoms with Gasteiger partial charge in [0.25, 0.3) is 21.6 Å². The summed E-state index contributed by atoms with van der Waals surface area (Å²) in [6.07, 6.45) is -0.296. The van der Waals surface area contributed by atoms with E-state index in [0.29, 0.717) is 13.1 Å². The van der Waals surface area contributed by atoms with Gasteiger partial charge in [-0.05, 0) is 32.0 Å². The predicted molar refractivity (Wildman–Crippen MR) is 111 cm³/mol. The lowest BCUT2D eigenvalue weighted by Gasteiger charge is -2.35. The Labute approximate surface area is 178 Å². The first-order valence-electron chi connectivity index (χ1n) is 9.09. The first-order chi connectivity index (χ1) is 14.1. The fourth-order valence-corrected chi connectivity index (χ4v) is 4.88. The van der Waals surface area contributed by atoms with Gasteiger partial charge in [-0.3, -0.25) is 19.6 Å². The Hall–Kier alpha value is -2.69. The van der Waals surface area contributed by atoms with Gasteiger partial charge in [0.1, 0.15) is 4.90 Å². The monoisotopic (exact) mass is 453 g/mol. The molecule has 1 fully saturated rings. The number of hydrogen-bond acceptors (Lipinski definition) is 6. The zero-order chi connectivity index (χ0) is 22.1. The fourth-order valence-electron chi connectivity index (χ4n) is 3.28. The van der Waals surface area contributed by atoms with Crippen molar-refractivity contribution in [1.82, 2.24) is 4.90 Å². The van der Waals surface area contributed by atoms with Crippen molar-refractivity contribution < 1.29 is 22.9 Å². The quantitative estimate of drug-likeness (QED) is 0.548. The van der Waals surface area contributed by atoms with Crippen molar-refractivity contribution in [2.24, 2.45) is 0 Å². The molecule has 0 saturated carbocycles. The maximum absolute atomic E-state index is 13.1. The average Bonchev–Trinajstić information content (AvgIpc) is 2.66. The van der Waals surface area contributed by atoms with Crippen molar-refractivity contribution in [3.8, 4) is 0 Å². The molecular weight excluding hydrogens is 434 g/mol. The Morgan fingerprint density at radius 2 is 1.83 bits per heavy atom. The van der Waals surface area contributed by atoms with E-state index in [0.717, 1.165) is 18.2 Å². The van der Waals surface area contributed by atoms with Gasteiger partial charge in [-0.1, -0.05) is 23.7 Å². The number of amides is 1. The molecule has 1 saturated heterocycles. The standard InChI is InChI=1S/C19H20ClN3O6S/c1-12-10-22(11-13(2)29-12)19(24)15-5-3-4-6-17(15)21-30(27,28)18-9-14(23(25)26)7-8-16(18)20/h3-9,12-13,21H,10-11H2,1-2H3/t12-,13+. The highest BCUT2D eigenvalue weighted by Gasteiger charge is 2.29. The van der Waals surface area contributed by atoms with Gasteiger partial charge >= 0.3 is 0 Å². The number of nitro groups is 1. The average molecular weight is 454 g/mol. The highest BCUT2D eigenvalue weighted by molar-refractivity contribution is 7.92. The summed E-state index contributed by atoms with van der Waals surface area (Å²) >= 11 is 5.98. The number of nitrogens with one attached hydrogen (secondary N) is 1. The van der Waals surface area contributed by atoms with Crippen LogP contribution >= 0.6 is 11.6 Å². The molecule has 160 valence electrons. The molecule has 2 aromatic rings. The van der Waals surface area contributed by atoms with Gasteiger partial charge in [0.05, 0.1) is 33.4 Å². The number of ether oxygens (including phenoxy) is 1. The second-order valence-electron chi connectivity index (χ2n) is 6.99. The van der Waals surface area contributed by atoms with E-state index in [9.17, 15) is 23.3 Å². The molecule has 1 amide bonds. The molecule has 0 aromatic heterocycles. The normalized spacial score (nSPS) is 19.4. The van der Waals surface area contributed by atoms with Crippen molar-refractivity contribution in [2.75, 3.05) is 17.8 Å². The molecule has 9 nitrogen and oxygen atoms in total. The number of non-ortho nitro benzene ring substituents is 1. The van der Waals surface area contributed by atoms with Gasteiger partial charge in [0.15, 0.2) is 0 Å². The number of halogens is 1. The third-order valence-corrected chi connectivity index (χ3v) is 6.37. The summed E-state index contributed by atoms with van der Waals surface area (Å²) in [6, 6.07) is 9.29. The molecule has 0 aliphatic carbocycles. The molecule has 2 aromatic carbocycles. The third kappa shape index (κ3) is 4.72. The maximum atomic E-state index is 13.1. The minimum Gasteiger partial charge on any atom is -0.372 e. The van der Waals surface area contributed by atoms with Crippen LogP contribution in [0, 0.1) is 10.1 Å². The number of nitrogens with zero attached hydrogens (tertiary/aromatic N) is 2. The Morgan fingerprint density at radius 1 is 1.20 bits per heavy atom. The summed E-state index contributed by atoms with van der Waals surface area (Å²) in [7, 11) is -4.29. The molecule has 0 radical (unpaired) electrons. The SMILES string of the molecule is C[C@@H]1CN(C(=O)c2ccccc2NS(=O)(=O)c2cc([N+](=O)[O-])ccc2Cl)C[C@H](C)O1. The van der Waals surface area contributed by atoms with E-state index in [-0.39, 0.29) is 34.4 Å². The molecule has 3 rings (SSSR count). The Balaban J connectivity index is 1.94. The van der Waals surface area contributed by atoms with Crippen molar-refractivity contribution in [1.29, 1.82) is 0 Å². The van der Waals surface area contributed by atoms with Crippen molar-refractivity contribution >= 4 is 38.9 Å². The Bertz CT molecular complexity index is 1080. The molecular formula is C19H20ClN3O6S. The number of benzene rings is 2. The van der Waals surface area contributed by atoms with Gasteiger partial charge in [-0.25, -0.2) is 8.42 Å². The molecule has 1 aliphatic heterocycles. The topological polar surface area (TPSA) is 119 Å². The minimum atomic E-state index is -4.29. The molecule has 11 heteroatoms. The summed E-state index contributed by atoms with van der Waals surface area (Å²) in [6.45, 7) is 4.46. The second-order valence-corrected chi connectivity index (χ2v) is 9.05. The van der Waals surface area contributed by atoms with Gasteiger partial charge in [0, 0.05) is 25.2 Å². The number of carbonyl (C=O) groups excluding carboxylic acids is 1. The first-order valence-corrected chi connectivity index (χ1v) is 10.9. The van der Waals surface area contributed by atoms with Gasteiger partial charge in [0.2, 0.25) is 0 Å². The van der Waals surface area contributed by atoms with Gasteiger partial charge < -0.3 is 9.64 Å². The van der Waals surface area contributed by atoms with Crippen molar-refractivity contribution in [2.45, 2.75) is 31.0 Å². The van der Waals surface area contributed by atoms with E-state index in [1.54, 1.807) is 17.0 Å². The number of para-hydroxylation sites is 1. The summed E-state index contributed by atoms with van der Waals surface area (Å²) in [5.74, 6) is -0.347. The Kier molecular flexibility index (Phi) is 6.30. The summed E-state index contributed by atoms with van der Waals surface area (Å²) in [5.41, 5.74) is -0.207. The number of anilines is 1. The lowest BCUT2D eigenvalue weighted by molar-refractivity contribution is -0.385. The number of carbonyl (C=O) groups is 1. The summed E-state index contributed by atoms with van der Waals surface area (Å²) in [4.78, 5) is 24.5. The molecule has 1 heterocycles. The van der Waals surface area contributed by atoms with Crippen LogP contribution in [0.4, 0.5) is 11.4 Å². The van der Waals surface area contributed by atoms with Crippen LogP contribution in [-0.4, -0.2) is 49.4 Å². The largest absolute Gasteiger partial charge is 0.372 e. The van der Waals surface area contributed by atoms with Crippen LogP contribution < -0.4 is 4.72 Å². The van der Waals surface area contributed by atoms with E-state index < -0.39 is 25.5 Å². The highest BCUT2D eigenvalue weighted by Crippen LogP contribution is 2.29. The number of sulfonamides is 1. The lowest BCUT2D eigenvalue weighted by atomic mass is 10.1. The maximum Gasteiger partial charge on any atom is 0.270 e.